The molecule has 16 heavy (non-hydrogen) atoms. The summed E-state index contributed by atoms with van der Waals surface area (Å²) in [4.78, 5) is 11.3. The summed E-state index contributed by atoms with van der Waals surface area (Å²) >= 11 is 0. The second-order valence-electron chi connectivity index (χ2n) is 3.66. The lowest BCUT2D eigenvalue weighted by Gasteiger charge is -2.15. The van der Waals surface area contributed by atoms with Crippen LogP contribution in [0.1, 0.15) is 11.7 Å². The molecule has 86 valence electrons. The molecule has 0 aliphatic rings. The van der Waals surface area contributed by atoms with Crippen LogP contribution in [-0.2, 0) is 7.05 Å². The Kier molecular flexibility index (Phi) is 2.80. The predicted octanol–water partition coefficient (Wildman–Crippen LogP) is 0.569. The van der Waals surface area contributed by atoms with Crippen molar-refractivity contribution in [2.24, 2.45) is 7.05 Å². The Labute approximate surface area is 93.1 Å². The SMILES string of the molecule is CNC(NC)c1ccc2oc(=O)n(C)c2c1. The lowest BCUT2D eigenvalue weighted by atomic mass is 10.1. The van der Waals surface area contributed by atoms with Crippen molar-refractivity contribution in [1.82, 2.24) is 15.2 Å². The number of hydrogen-bond donors (Lipinski definition) is 2. The van der Waals surface area contributed by atoms with E-state index in [1.807, 2.05) is 32.3 Å². The number of hydrogen-bond acceptors (Lipinski definition) is 4. The number of aromatic nitrogens is 1. The molecule has 0 bridgehead atoms. The molecule has 2 rings (SSSR count). The molecule has 0 saturated carbocycles. The molecule has 0 spiro atoms. The molecule has 0 amide bonds. The lowest BCUT2D eigenvalue weighted by molar-refractivity contribution is 0.520. The first-order chi connectivity index (χ1) is 7.67. The molecule has 0 fully saturated rings. The molecule has 5 heteroatoms. The standard InChI is InChI=1S/C11H15N3O2/c1-12-10(13-2)7-4-5-9-8(6-7)14(3)11(15)16-9/h4-6,10,12-13H,1-3H3. The van der Waals surface area contributed by atoms with Gasteiger partial charge in [-0.2, -0.15) is 0 Å². The van der Waals surface area contributed by atoms with E-state index < -0.39 is 0 Å². The second-order valence-corrected chi connectivity index (χ2v) is 3.66. The molecule has 1 aromatic heterocycles. The summed E-state index contributed by atoms with van der Waals surface area (Å²) in [6.07, 6.45) is 0.0643. The Morgan fingerprint density at radius 3 is 2.62 bits per heavy atom. The molecule has 0 radical (unpaired) electrons. The van der Waals surface area contributed by atoms with E-state index in [-0.39, 0.29) is 11.9 Å². The Bertz CT molecular complexity index is 552. The second kappa shape index (κ2) is 4.11. The lowest BCUT2D eigenvalue weighted by Crippen LogP contribution is -2.28. The van der Waals surface area contributed by atoms with Crippen molar-refractivity contribution in [2.45, 2.75) is 6.17 Å². The highest BCUT2D eigenvalue weighted by atomic mass is 16.4. The third-order valence-corrected chi connectivity index (χ3v) is 2.73. The van der Waals surface area contributed by atoms with Gasteiger partial charge in [0.25, 0.3) is 0 Å². The summed E-state index contributed by atoms with van der Waals surface area (Å²) in [5.41, 5.74) is 2.48. The number of nitrogens with one attached hydrogen (secondary N) is 2. The van der Waals surface area contributed by atoms with Gasteiger partial charge >= 0.3 is 5.76 Å². The van der Waals surface area contributed by atoms with Crippen molar-refractivity contribution in [1.29, 1.82) is 0 Å². The van der Waals surface area contributed by atoms with E-state index in [0.717, 1.165) is 11.1 Å². The monoisotopic (exact) mass is 221 g/mol. The van der Waals surface area contributed by atoms with Gasteiger partial charge in [0.1, 0.15) is 0 Å². The van der Waals surface area contributed by atoms with Gasteiger partial charge in [0.2, 0.25) is 0 Å². The molecule has 2 aromatic rings. The highest BCUT2D eigenvalue weighted by molar-refractivity contribution is 5.73. The zero-order valence-corrected chi connectivity index (χ0v) is 9.57. The van der Waals surface area contributed by atoms with E-state index in [0.29, 0.717) is 5.58 Å². The number of benzene rings is 1. The number of rotatable bonds is 3. The summed E-state index contributed by atoms with van der Waals surface area (Å²) in [5, 5.41) is 6.26. The molecule has 0 aliphatic heterocycles. The average molecular weight is 221 g/mol. The average Bonchev–Trinajstić information content (AvgIpc) is 2.57. The maximum atomic E-state index is 11.3. The highest BCUT2D eigenvalue weighted by Crippen LogP contribution is 2.17. The van der Waals surface area contributed by atoms with Crippen molar-refractivity contribution in [3.8, 4) is 0 Å². The van der Waals surface area contributed by atoms with Gasteiger partial charge in [-0.1, -0.05) is 6.07 Å². The summed E-state index contributed by atoms with van der Waals surface area (Å²) in [6, 6.07) is 5.69. The maximum Gasteiger partial charge on any atom is 0.419 e. The Morgan fingerprint density at radius 1 is 1.31 bits per heavy atom. The van der Waals surface area contributed by atoms with Gasteiger partial charge in [-0.25, -0.2) is 4.79 Å². The molecule has 0 atom stereocenters. The fourth-order valence-electron chi connectivity index (χ4n) is 1.80. The number of aryl methyl sites for hydroxylation is 1. The topological polar surface area (TPSA) is 59.2 Å². The molecule has 0 aliphatic carbocycles. The molecule has 2 N–H and O–H groups in total. The third kappa shape index (κ3) is 1.64. The van der Waals surface area contributed by atoms with Crippen LogP contribution in [0.15, 0.2) is 27.4 Å². The number of oxazole rings is 1. The Hall–Kier alpha value is -1.59. The van der Waals surface area contributed by atoms with Gasteiger partial charge in [0.15, 0.2) is 5.58 Å². The molecule has 1 heterocycles. The first-order valence-electron chi connectivity index (χ1n) is 5.11. The first kappa shape index (κ1) is 10.9. The van der Waals surface area contributed by atoms with Crippen molar-refractivity contribution in [3.05, 3.63) is 34.3 Å². The highest BCUT2D eigenvalue weighted by Gasteiger charge is 2.10. The summed E-state index contributed by atoms with van der Waals surface area (Å²) in [5.74, 6) is -0.336. The van der Waals surface area contributed by atoms with Crippen LogP contribution in [0.2, 0.25) is 0 Å². The minimum atomic E-state index is -0.336. The van der Waals surface area contributed by atoms with E-state index in [1.54, 1.807) is 7.05 Å². The summed E-state index contributed by atoms with van der Waals surface area (Å²) in [6.45, 7) is 0. The molecular formula is C11H15N3O2. The Morgan fingerprint density at radius 2 is 2.00 bits per heavy atom. The smallest absolute Gasteiger partial charge is 0.408 e. The summed E-state index contributed by atoms with van der Waals surface area (Å²) in [7, 11) is 5.45. The van der Waals surface area contributed by atoms with E-state index in [2.05, 4.69) is 10.6 Å². The zero-order valence-electron chi connectivity index (χ0n) is 9.57. The number of nitrogens with zero attached hydrogens (tertiary/aromatic N) is 1. The van der Waals surface area contributed by atoms with Crippen LogP contribution in [0.3, 0.4) is 0 Å². The normalized spacial score (nSPS) is 11.5. The molecular weight excluding hydrogens is 206 g/mol. The largest absolute Gasteiger partial charge is 0.419 e. The first-order valence-corrected chi connectivity index (χ1v) is 5.11. The van der Waals surface area contributed by atoms with Crippen molar-refractivity contribution in [3.63, 3.8) is 0 Å². The molecule has 0 unspecified atom stereocenters. The zero-order chi connectivity index (χ0) is 11.7. The van der Waals surface area contributed by atoms with Gasteiger partial charge in [-0.05, 0) is 31.8 Å². The van der Waals surface area contributed by atoms with Crippen LogP contribution in [0, 0.1) is 0 Å². The van der Waals surface area contributed by atoms with Gasteiger partial charge < -0.3 is 15.1 Å². The van der Waals surface area contributed by atoms with Crippen molar-refractivity contribution >= 4 is 11.1 Å². The van der Waals surface area contributed by atoms with Gasteiger partial charge in [0.05, 0.1) is 11.7 Å². The molecule has 1 aromatic carbocycles. The van der Waals surface area contributed by atoms with Crippen LogP contribution < -0.4 is 16.4 Å². The molecule has 0 saturated heterocycles. The quantitative estimate of drug-likeness (QED) is 0.744. The van der Waals surface area contributed by atoms with E-state index >= 15 is 0 Å². The fourth-order valence-corrected chi connectivity index (χ4v) is 1.80. The minimum absolute atomic E-state index is 0.0643. The van der Waals surface area contributed by atoms with Gasteiger partial charge in [-0.3, -0.25) is 4.57 Å². The number of fused-ring (bicyclic) bond motifs is 1. The maximum absolute atomic E-state index is 11.3. The van der Waals surface area contributed by atoms with Crippen LogP contribution in [0.5, 0.6) is 0 Å². The van der Waals surface area contributed by atoms with E-state index in [9.17, 15) is 4.79 Å². The van der Waals surface area contributed by atoms with Crippen LogP contribution in [0.4, 0.5) is 0 Å². The van der Waals surface area contributed by atoms with Crippen LogP contribution >= 0.6 is 0 Å². The van der Waals surface area contributed by atoms with Gasteiger partial charge in [-0.15, -0.1) is 0 Å². The van der Waals surface area contributed by atoms with Crippen LogP contribution in [-0.4, -0.2) is 18.7 Å². The van der Waals surface area contributed by atoms with E-state index in [4.69, 9.17) is 4.42 Å². The van der Waals surface area contributed by atoms with E-state index in [1.165, 1.54) is 4.57 Å². The predicted molar refractivity (Wildman–Crippen MR) is 62.3 cm³/mol. The minimum Gasteiger partial charge on any atom is -0.408 e. The van der Waals surface area contributed by atoms with Crippen molar-refractivity contribution < 1.29 is 4.42 Å². The Balaban J connectivity index is 2.58. The third-order valence-electron chi connectivity index (χ3n) is 2.73. The molecule has 5 nitrogen and oxygen atoms in total. The van der Waals surface area contributed by atoms with Crippen molar-refractivity contribution in [2.75, 3.05) is 14.1 Å². The summed E-state index contributed by atoms with van der Waals surface area (Å²) < 4.78 is 6.57. The van der Waals surface area contributed by atoms with Crippen LogP contribution in [0.25, 0.3) is 11.1 Å². The fraction of sp³-hybridized carbons (Fsp3) is 0.364. The van der Waals surface area contributed by atoms with Gasteiger partial charge in [0, 0.05) is 7.05 Å².